The van der Waals surface area contributed by atoms with E-state index in [-0.39, 0.29) is 6.04 Å². The maximum Gasteiger partial charge on any atom is 0.115 e. The molecule has 0 aliphatic carbocycles. The molecule has 5 heteroatoms. The third-order valence-corrected chi connectivity index (χ3v) is 3.38. The minimum atomic E-state index is 0.114. The summed E-state index contributed by atoms with van der Waals surface area (Å²) in [5.41, 5.74) is 3.83. The summed E-state index contributed by atoms with van der Waals surface area (Å²) in [5.74, 6) is 5.54. The van der Waals surface area contributed by atoms with E-state index in [4.69, 9.17) is 5.84 Å². The fourth-order valence-electron chi connectivity index (χ4n) is 1.58. The average molecular weight is 234 g/mol. The van der Waals surface area contributed by atoms with Crippen LogP contribution in [-0.4, -0.2) is 9.97 Å². The summed E-state index contributed by atoms with van der Waals surface area (Å²) >= 11 is 1.77. The molecule has 0 saturated heterocycles. The Hall–Kier alpha value is -1.30. The summed E-state index contributed by atoms with van der Waals surface area (Å²) in [4.78, 5) is 9.36. The van der Waals surface area contributed by atoms with Gasteiger partial charge >= 0.3 is 0 Å². The highest BCUT2D eigenvalue weighted by Crippen LogP contribution is 2.19. The van der Waals surface area contributed by atoms with Gasteiger partial charge in [0, 0.05) is 28.9 Å². The monoisotopic (exact) mass is 234 g/mol. The Morgan fingerprint density at radius 2 is 2.19 bits per heavy atom. The zero-order valence-corrected chi connectivity index (χ0v) is 9.65. The zero-order chi connectivity index (χ0) is 11.2. The first-order valence-electron chi connectivity index (χ1n) is 5.13. The van der Waals surface area contributed by atoms with Crippen LogP contribution in [0.2, 0.25) is 0 Å². The van der Waals surface area contributed by atoms with Crippen LogP contribution < -0.4 is 11.3 Å². The number of aromatic nitrogens is 2. The largest absolute Gasteiger partial charge is 0.271 e. The van der Waals surface area contributed by atoms with Gasteiger partial charge in [-0.1, -0.05) is 6.07 Å². The minimum absolute atomic E-state index is 0.114. The lowest BCUT2D eigenvalue weighted by Crippen LogP contribution is -2.28. The molecule has 84 valence electrons. The van der Waals surface area contributed by atoms with E-state index < -0.39 is 0 Å². The summed E-state index contributed by atoms with van der Waals surface area (Å²) in [7, 11) is 0. The quantitative estimate of drug-likeness (QED) is 0.610. The summed E-state index contributed by atoms with van der Waals surface area (Å²) in [5, 5.41) is 2.09. The Kier molecular flexibility index (Phi) is 3.98. The molecule has 0 aliphatic rings. The van der Waals surface area contributed by atoms with Gasteiger partial charge in [0.1, 0.15) is 6.33 Å². The van der Waals surface area contributed by atoms with E-state index in [1.54, 1.807) is 23.7 Å². The van der Waals surface area contributed by atoms with Crippen LogP contribution >= 0.6 is 11.3 Å². The summed E-state index contributed by atoms with van der Waals surface area (Å²) in [6.07, 6.45) is 7.08. The number of hydrogen-bond donors (Lipinski definition) is 2. The van der Waals surface area contributed by atoms with Crippen LogP contribution in [0.4, 0.5) is 0 Å². The standard InChI is InChI=1S/C11H14N4S/c12-15-11(9-6-13-8-14-7-9)4-3-10-2-1-5-16-10/h1-2,5-8,11,15H,3-4,12H2. The van der Waals surface area contributed by atoms with Gasteiger partial charge < -0.3 is 0 Å². The van der Waals surface area contributed by atoms with E-state index in [9.17, 15) is 0 Å². The van der Waals surface area contributed by atoms with Crippen LogP contribution in [-0.2, 0) is 6.42 Å². The molecule has 0 aromatic carbocycles. The normalized spacial score (nSPS) is 12.6. The van der Waals surface area contributed by atoms with Gasteiger partial charge in [-0.2, -0.15) is 0 Å². The van der Waals surface area contributed by atoms with E-state index >= 15 is 0 Å². The molecular formula is C11H14N4S. The molecule has 0 aliphatic heterocycles. The molecule has 2 rings (SSSR count). The van der Waals surface area contributed by atoms with Crippen molar-refractivity contribution in [1.29, 1.82) is 0 Å². The Balaban J connectivity index is 1.96. The fraction of sp³-hybridized carbons (Fsp3) is 0.273. The second kappa shape index (κ2) is 5.69. The smallest absolute Gasteiger partial charge is 0.115 e. The fourth-order valence-corrected chi connectivity index (χ4v) is 2.30. The van der Waals surface area contributed by atoms with Gasteiger partial charge in [-0.25, -0.2) is 9.97 Å². The number of hydrogen-bond acceptors (Lipinski definition) is 5. The first-order valence-corrected chi connectivity index (χ1v) is 6.01. The van der Waals surface area contributed by atoms with Crippen molar-refractivity contribution >= 4 is 11.3 Å². The highest BCUT2D eigenvalue weighted by Gasteiger charge is 2.10. The maximum atomic E-state index is 5.54. The van der Waals surface area contributed by atoms with Crippen molar-refractivity contribution in [2.75, 3.05) is 0 Å². The molecule has 0 radical (unpaired) electrons. The average Bonchev–Trinajstić information content (AvgIpc) is 2.84. The van der Waals surface area contributed by atoms with Crippen molar-refractivity contribution in [1.82, 2.24) is 15.4 Å². The number of nitrogens with one attached hydrogen (secondary N) is 1. The van der Waals surface area contributed by atoms with Gasteiger partial charge in [0.2, 0.25) is 0 Å². The van der Waals surface area contributed by atoms with Gasteiger partial charge in [-0.05, 0) is 24.3 Å². The topological polar surface area (TPSA) is 63.8 Å². The first kappa shape index (κ1) is 11.2. The van der Waals surface area contributed by atoms with Crippen LogP contribution in [0, 0.1) is 0 Å². The maximum absolute atomic E-state index is 5.54. The van der Waals surface area contributed by atoms with Crippen LogP contribution in [0.15, 0.2) is 36.2 Å². The number of rotatable bonds is 5. The van der Waals surface area contributed by atoms with Crippen LogP contribution in [0.25, 0.3) is 0 Å². The van der Waals surface area contributed by atoms with Crippen molar-refractivity contribution in [3.05, 3.63) is 46.7 Å². The summed E-state index contributed by atoms with van der Waals surface area (Å²) < 4.78 is 0. The van der Waals surface area contributed by atoms with Gasteiger partial charge in [-0.15, -0.1) is 11.3 Å². The van der Waals surface area contributed by atoms with Gasteiger partial charge in [0.05, 0.1) is 0 Å². The highest BCUT2D eigenvalue weighted by molar-refractivity contribution is 7.09. The third kappa shape index (κ3) is 2.85. The predicted molar refractivity (Wildman–Crippen MR) is 64.7 cm³/mol. The van der Waals surface area contributed by atoms with E-state index in [0.29, 0.717) is 0 Å². The number of hydrazine groups is 1. The Morgan fingerprint density at radius 3 is 2.81 bits per heavy atom. The first-order chi connectivity index (χ1) is 7.90. The van der Waals surface area contributed by atoms with Crippen LogP contribution in [0.5, 0.6) is 0 Å². The second-order valence-electron chi connectivity index (χ2n) is 3.51. The van der Waals surface area contributed by atoms with E-state index in [0.717, 1.165) is 18.4 Å². The molecule has 0 amide bonds. The molecule has 1 atom stereocenters. The predicted octanol–water partition coefficient (Wildman–Crippen LogP) is 1.68. The second-order valence-corrected chi connectivity index (χ2v) is 4.54. The number of aryl methyl sites for hydroxylation is 1. The number of nitrogens with zero attached hydrogens (tertiary/aromatic N) is 2. The van der Waals surface area contributed by atoms with Crippen LogP contribution in [0.3, 0.4) is 0 Å². The summed E-state index contributed by atoms with van der Waals surface area (Å²) in [6.45, 7) is 0. The molecule has 0 saturated carbocycles. The molecule has 0 bridgehead atoms. The lowest BCUT2D eigenvalue weighted by atomic mass is 10.1. The minimum Gasteiger partial charge on any atom is -0.271 e. The third-order valence-electron chi connectivity index (χ3n) is 2.44. The molecule has 16 heavy (non-hydrogen) atoms. The molecule has 0 fully saturated rings. The highest BCUT2D eigenvalue weighted by atomic mass is 32.1. The van der Waals surface area contributed by atoms with Crippen molar-refractivity contribution in [3.8, 4) is 0 Å². The zero-order valence-electron chi connectivity index (χ0n) is 8.84. The lowest BCUT2D eigenvalue weighted by Gasteiger charge is -2.14. The number of thiophene rings is 1. The Labute approximate surface area is 98.5 Å². The molecule has 1 unspecified atom stereocenters. The van der Waals surface area contributed by atoms with Crippen molar-refractivity contribution < 1.29 is 0 Å². The molecule has 2 aromatic heterocycles. The van der Waals surface area contributed by atoms with Crippen molar-refractivity contribution in [2.45, 2.75) is 18.9 Å². The van der Waals surface area contributed by atoms with Crippen molar-refractivity contribution in [2.24, 2.45) is 5.84 Å². The number of nitrogens with two attached hydrogens (primary N) is 1. The van der Waals surface area contributed by atoms with E-state index in [1.807, 2.05) is 0 Å². The molecule has 3 N–H and O–H groups in total. The molecule has 2 heterocycles. The van der Waals surface area contributed by atoms with Crippen molar-refractivity contribution in [3.63, 3.8) is 0 Å². The lowest BCUT2D eigenvalue weighted by molar-refractivity contribution is 0.515. The van der Waals surface area contributed by atoms with E-state index in [1.165, 1.54) is 11.2 Å². The molecule has 2 aromatic rings. The molecular weight excluding hydrogens is 220 g/mol. The molecule has 4 nitrogen and oxygen atoms in total. The summed E-state index contributed by atoms with van der Waals surface area (Å²) in [6, 6.07) is 4.32. The van der Waals surface area contributed by atoms with Crippen LogP contribution in [0.1, 0.15) is 22.9 Å². The SMILES string of the molecule is NNC(CCc1cccs1)c1cncnc1. The van der Waals surface area contributed by atoms with Gasteiger partial charge in [0.25, 0.3) is 0 Å². The van der Waals surface area contributed by atoms with E-state index in [2.05, 4.69) is 32.9 Å². The Bertz CT molecular complexity index is 401. The van der Waals surface area contributed by atoms with Gasteiger partial charge in [0.15, 0.2) is 0 Å². The Morgan fingerprint density at radius 1 is 1.38 bits per heavy atom. The molecule has 0 spiro atoms. The van der Waals surface area contributed by atoms with Gasteiger partial charge in [-0.3, -0.25) is 11.3 Å².